The van der Waals surface area contributed by atoms with E-state index in [2.05, 4.69) is 19.1 Å². The molecule has 0 aromatic heterocycles. The second-order valence-electron chi connectivity index (χ2n) is 8.38. The molecular weight excluding hydrogens is 408 g/mol. The van der Waals surface area contributed by atoms with E-state index < -0.39 is 5.97 Å². The summed E-state index contributed by atoms with van der Waals surface area (Å²) in [5.41, 5.74) is 0.480. The number of hydrogen-bond acceptors (Lipinski definition) is 3. The van der Waals surface area contributed by atoms with Gasteiger partial charge in [-0.05, 0) is 86.1 Å². The van der Waals surface area contributed by atoms with Gasteiger partial charge in [-0.25, -0.2) is 4.79 Å². The van der Waals surface area contributed by atoms with Crippen LogP contribution in [-0.4, -0.2) is 12.6 Å². The van der Waals surface area contributed by atoms with Crippen LogP contribution in [0.2, 0.25) is 5.02 Å². The Morgan fingerprint density at radius 1 is 0.968 bits per heavy atom. The van der Waals surface area contributed by atoms with Gasteiger partial charge in [0.05, 0.1) is 5.56 Å². The highest BCUT2D eigenvalue weighted by Crippen LogP contribution is 2.32. The third-order valence-electron chi connectivity index (χ3n) is 5.98. The fourth-order valence-electron chi connectivity index (χ4n) is 4.10. The van der Waals surface area contributed by atoms with Gasteiger partial charge in [-0.2, -0.15) is 0 Å². The number of benzene rings is 2. The van der Waals surface area contributed by atoms with E-state index in [1.165, 1.54) is 51.4 Å². The Labute approximate surface area is 191 Å². The molecule has 0 aliphatic heterocycles. The Kier molecular flexibility index (Phi) is 9.48. The lowest BCUT2D eigenvalue weighted by molar-refractivity contribution is 0.0734. The van der Waals surface area contributed by atoms with Crippen molar-refractivity contribution in [2.75, 3.05) is 6.61 Å². The quantitative estimate of drug-likeness (QED) is 0.163. The predicted octanol–water partition coefficient (Wildman–Crippen LogP) is 7.88. The topological polar surface area (TPSA) is 35.5 Å². The lowest BCUT2D eigenvalue weighted by Crippen LogP contribution is -2.13. The highest BCUT2D eigenvalue weighted by atomic mass is 35.5. The maximum atomic E-state index is 12.2. The number of halogens is 1. The second-order valence-corrected chi connectivity index (χ2v) is 8.82. The average molecular weight is 441 g/mol. The maximum Gasteiger partial charge on any atom is 0.343 e. The molecule has 0 amide bonds. The van der Waals surface area contributed by atoms with Crippen LogP contribution in [0.25, 0.3) is 0 Å². The third-order valence-corrected chi connectivity index (χ3v) is 6.23. The monoisotopic (exact) mass is 440 g/mol. The summed E-state index contributed by atoms with van der Waals surface area (Å²) in [7, 11) is 0. The van der Waals surface area contributed by atoms with Gasteiger partial charge in [0.1, 0.15) is 18.1 Å². The van der Waals surface area contributed by atoms with Crippen LogP contribution < -0.4 is 9.47 Å². The zero-order chi connectivity index (χ0) is 21.9. The minimum atomic E-state index is -0.404. The molecule has 2 aromatic carbocycles. The highest BCUT2D eigenvalue weighted by molar-refractivity contribution is 6.30. The van der Waals surface area contributed by atoms with Crippen molar-refractivity contribution in [2.45, 2.75) is 58.3 Å². The SMILES string of the molecule is CCCCC[C@H]1CC[C@H](C=CCOc2ccc(C(=O)Oc3ccc(Cl)cc3)cc2)CC1. The fraction of sp³-hybridized carbons (Fsp3) is 0.444. The molecule has 0 bridgehead atoms. The summed E-state index contributed by atoms with van der Waals surface area (Å²) in [4.78, 5) is 12.2. The van der Waals surface area contributed by atoms with Crippen molar-refractivity contribution in [3.63, 3.8) is 0 Å². The Morgan fingerprint density at radius 2 is 1.65 bits per heavy atom. The van der Waals surface area contributed by atoms with E-state index in [4.69, 9.17) is 21.1 Å². The molecule has 0 saturated heterocycles. The molecule has 3 rings (SSSR count). The summed E-state index contributed by atoms with van der Waals surface area (Å²) < 4.78 is 11.1. The molecule has 1 aliphatic carbocycles. The van der Waals surface area contributed by atoms with Crippen molar-refractivity contribution in [1.29, 1.82) is 0 Å². The van der Waals surface area contributed by atoms with Gasteiger partial charge < -0.3 is 9.47 Å². The molecule has 166 valence electrons. The van der Waals surface area contributed by atoms with E-state index >= 15 is 0 Å². The molecule has 1 fully saturated rings. The molecule has 0 radical (unpaired) electrons. The van der Waals surface area contributed by atoms with Gasteiger partial charge in [-0.3, -0.25) is 0 Å². The number of rotatable bonds is 10. The Balaban J connectivity index is 1.36. The van der Waals surface area contributed by atoms with E-state index in [0.29, 0.717) is 28.9 Å². The molecule has 1 saturated carbocycles. The van der Waals surface area contributed by atoms with Gasteiger partial charge in [0.15, 0.2) is 0 Å². The Bertz CT molecular complexity index is 819. The number of unbranched alkanes of at least 4 members (excludes halogenated alkanes) is 2. The first-order chi connectivity index (χ1) is 15.1. The first-order valence-electron chi connectivity index (χ1n) is 11.5. The van der Waals surface area contributed by atoms with Crippen LogP contribution in [0.3, 0.4) is 0 Å². The van der Waals surface area contributed by atoms with Gasteiger partial charge in [-0.1, -0.05) is 56.4 Å². The summed E-state index contributed by atoms with van der Waals surface area (Å²) in [6.45, 7) is 2.82. The molecule has 1 aliphatic rings. The molecule has 0 N–H and O–H groups in total. The van der Waals surface area contributed by atoms with E-state index in [-0.39, 0.29) is 0 Å². The molecular formula is C27H33ClO3. The Morgan fingerprint density at radius 3 is 2.32 bits per heavy atom. The van der Waals surface area contributed by atoms with E-state index in [1.807, 2.05) is 0 Å². The molecule has 0 heterocycles. The van der Waals surface area contributed by atoms with Crippen LogP contribution in [0.4, 0.5) is 0 Å². The van der Waals surface area contributed by atoms with Gasteiger partial charge in [-0.15, -0.1) is 0 Å². The average Bonchev–Trinajstić information content (AvgIpc) is 2.80. The minimum absolute atomic E-state index is 0.404. The maximum absolute atomic E-state index is 12.2. The molecule has 2 aromatic rings. The van der Waals surface area contributed by atoms with E-state index in [0.717, 1.165) is 11.7 Å². The van der Waals surface area contributed by atoms with Gasteiger partial charge in [0.25, 0.3) is 0 Å². The predicted molar refractivity (Wildman–Crippen MR) is 127 cm³/mol. The van der Waals surface area contributed by atoms with Crippen LogP contribution in [0.1, 0.15) is 68.6 Å². The van der Waals surface area contributed by atoms with Crippen molar-refractivity contribution in [1.82, 2.24) is 0 Å². The Hall–Kier alpha value is -2.26. The lowest BCUT2D eigenvalue weighted by atomic mass is 9.79. The molecule has 3 nitrogen and oxygen atoms in total. The second kappa shape index (κ2) is 12.6. The number of carbonyl (C=O) groups is 1. The number of allylic oxidation sites excluding steroid dienone is 1. The zero-order valence-corrected chi connectivity index (χ0v) is 19.2. The zero-order valence-electron chi connectivity index (χ0n) is 18.4. The summed E-state index contributed by atoms with van der Waals surface area (Å²) in [5, 5.41) is 0.602. The largest absolute Gasteiger partial charge is 0.490 e. The van der Waals surface area contributed by atoms with Crippen molar-refractivity contribution >= 4 is 17.6 Å². The van der Waals surface area contributed by atoms with Gasteiger partial charge in [0.2, 0.25) is 0 Å². The standard InChI is InChI=1S/C27H33ClO3/c1-2-3-4-6-21-8-10-22(11-9-21)7-5-20-30-25-16-12-23(13-17-25)27(29)31-26-18-14-24(28)15-19-26/h5,7,12-19,21-22H,2-4,6,8-11,20H2,1H3/t21-,22-. The van der Waals surface area contributed by atoms with Crippen molar-refractivity contribution < 1.29 is 14.3 Å². The lowest BCUT2D eigenvalue weighted by Gasteiger charge is -2.26. The van der Waals surface area contributed by atoms with Crippen LogP contribution >= 0.6 is 11.6 Å². The molecule has 0 atom stereocenters. The minimum Gasteiger partial charge on any atom is -0.490 e. The molecule has 0 spiro atoms. The molecule has 31 heavy (non-hydrogen) atoms. The van der Waals surface area contributed by atoms with Crippen LogP contribution in [0, 0.1) is 11.8 Å². The number of ether oxygens (including phenoxy) is 2. The number of hydrogen-bond donors (Lipinski definition) is 0. The van der Waals surface area contributed by atoms with Crippen LogP contribution in [-0.2, 0) is 0 Å². The summed E-state index contributed by atoms with van der Waals surface area (Å²) in [6, 6.07) is 13.8. The van der Waals surface area contributed by atoms with Crippen LogP contribution in [0.5, 0.6) is 11.5 Å². The highest BCUT2D eigenvalue weighted by Gasteiger charge is 2.18. The van der Waals surface area contributed by atoms with Crippen LogP contribution in [0.15, 0.2) is 60.7 Å². The fourth-order valence-corrected chi connectivity index (χ4v) is 4.23. The first-order valence-corrected chi connectivity index (χ1v) is 11.9. The van der Waals surface area contributed by atoms with Gasteiger partial charge >= 0.3 is 5.97 Å². The summed E-state index contributed by atoms with van der Waals surface area (Å²) >= 11 is 5.85. The van der Waals surface area contributed by atoms with Gasteiger partial charge in [0, 0.05) is 5.02 Å². The van der Waals surface area contributed by atoms with Crippen molar-refractivity contribution in [3.05, 3.63) is 71.3 Å². The smallest absolute Gasteiger partial charge is 0.343 e. The molecule has 0 unspecified atom stereocenters. The van der Waals surface area contributed by atoms with E-state index in [9.17, 15) is 4.79 Å². The normalized spacial score (nSPS) is 18.8. The number of esters is 1. The molecule has 4 heteroatoms. The summed E-state index contributed by atoms with van der Waals surface area (Å²) in [5.74, 6) is 2.44. The number of carbonyl (C=O) groups excluding carboxylic acids is 1. The third kappa shape index (κ3) is 8.06. The van der Waals surface area contributed by atoms with E-state index in [1.54, 1.807) is 48.5 Å². The van der Waals surface area contributed by atoms with Crippen molar-refractivity contribution in [2.24, 2.45) is 11.8 Å². The first kappa shape index (κ1) is 23.4. The summed E-state index contributed by atoms with van der Waals surface area (Å²) in [6.07, 6.45) is 15.3. The van der Waals surface area contributed by atoms with Crippen molar-refractivity contribution in [3.8, 4) is 11.5 Å².